The van der Waals surface area contributed by atoms with Gasteiger partial charge in [0.1, 0.15) is 48.8 Å². The van der Waals surface area contributed by atoms with Crippen LogP contribution >= 0.6 is 0 Å². The van der Waals surface area contributed by atoms with E-state index in [0.717, 1.165) is 77.0 Å². The summed E-state index contributed by atoms with van der Waals surface area (Å²) in [5.41, 5.74) is 0. The summed E-state index contributed by atoms with van der Waals surface area (Å²) in [4.78, 5) is 13.3. The summed E-state index contributed by atoms with van der Waals surface area (Å²) in [5, 5.41) is 87.4. The van der Waals surface area contributed by atoms with E-state index in [-0.39, 0.29) is 18.9 Å². The first kappa shape index (κ1) is 81.7. The highest BCUT2D eigenvalue weighted by molar-refractivity contribution is 5.76. The average Bonchev–Trinajstić information content (AvgIpc) is 1.37. The van der Waals surface area contributed by atoms with Gasteiger partial charge < -0.3 is 65.1 Å². The molecule has 89 heavy (non-hydrogen) atoms. The molecule has 512 valence electrons. The van der Waals surface area contributed by atoms with Crippen LogP contribution in [0.2, 0.25) is 0 Å². The standard InChI is InChI=1S/C75H129NO13/c1-3-5-7-9-11-13-15-17-19-21-23-25-27-29-30-31-32-33-35-36-38-40-42-44-46-48-50-52-54-56-58-64(79)63(62-86-74-72(85)70(83)73(66(61-78)88-74)89-75-71(84)69(82)68(81)65(60-77)87-75)76-67(80)59-57-55-53-51-49-47-45-43-41-39-37-34-28-26-24-22-20-18-16-14-12-10-8-6-4-2/h6,8,12,14,18,20,24,26,34,37,41,43,47-50,56,58,63-66,68-75,77-79,81-85H,3-5,7,9-11,13,15-17,19,21-23,25,27-33,35-36,38-40,42,44-46,51-55,57,59-62H2,1-2H3,(H,76,80)/b8-6-,14-12-,20-18-,26-24-,37-34-,43-41-,49-47-,50-48+,58-56+. The molecule has 9 N–H and O–H groups in total. The second-order valence-corrected chi connectivity index (χ2v) is 24.6. The van der Waals surface area contributed by atoms with Gasteiger partial charge in [-0.1, -0.05) is 277 Å². The molecule has 0 aromatic rings. The van der Waals surface area contributed by atoms with Gasteiger partial charge in [-0.3, -0.25) is 4.79 Å². The predicted octanol–water partition coefficient (Wildman–Crippen LogP) is 14.7. The highest BCUT2D eigenvalue weighted by Gasteiger charge is 2.51. The molecule has 2 aliphatic rings. The van der Waals surface area contributed by atoms with E-state index < -0.39 is 86.8 Å². The van der Waals surface area contributed by atoms with E-state index in [1.807, 2.05) is 6.08 Å². The molecule has 0 aromatic carbocycles. The Kier molecular flexibility index (Phi) is 53.7. The Morgan fingerprint density at radius 3 is 1.24 bits per heavy atom. The summed E-state index contributed by atoms with van der Waals surface area (Å²) >= 11 is 0. The minimum absolute atomic E-state index is 0.227. The maximum atomic E-state index is 13.3. The van der Waals surface area contributed by atoms with Crippen LogP contribution in [0.5, 0.6) is 0 Å². The Labute approximate surface area is 540 Å². The van der Waals surface area contributed by atoms with E-state index >= 15 is 0 Å². The molecule has 2 fully saturated rings. The van der Waals surface area contributed by atoms with Crippen molar-refractivity contribution in [1.82, 2.24) is 5.32 Å². The Balaban J connectivity index is 1.72. The number of allylic oxidation sites excluding steroid dienone is 17. The van der Waals surface area contributed by atoms with Gasteiger partial charge in [-0.25, -0.2) is 0 Å². The van der Waals surface area contributed by atoms with Crippen molar-refractivity contribution in [2.45, 2.75) is 338 Å². The van der Waals surface area contributed by atoms with Crippen LogP contribution in [-0.2, 0) is 23.7 Å². The number of carbonyl (C=O) groups is 1. The summed E-state index contributed by atoms with van der Waals surface area (Å²) in [7, 11) is 0. The van der Waals surface area contributed by atoms with Gasteiger partial charge in [-0.15, -0.1) is 0 Å². The monoisotopic (exact) mass is 1250 g/mol. The molecule has 14 nitrogen and oxygen atoms in total. The fourth-order valence-electron chi connectivity index (χ4n) is 11.1. The van der Waals surface area contributed by atoms with Crippen molar-refractivity contribution < 1.29 is 64.6 Å². The van der Waals surface area contributed by atoms with Gasteiger partial charge >= 0.3 is 0 Å². The summed E-state index contributed by atoms with van der Waals surface area (Å²) in [6, 6.07) is -0.960. The second kappa shape index (κ2) is 58.5. The lowest BCUT2D eigenvalue weighted by molar-refractivity contribution is -0.359. The summed E-state index contributed by atoms with van der Waals surface area (Å²) < 4.78 is 22.8. The Hall–Kier alpha value is -3.35. The molecule has 2 heterocycles. The zero-order valence-corrected chi connectivity index (χ0v) is 55.6. The molecule has 0 aromatic heterocycles. The van der Waals surface area contributed by atoms with Gasteiger partial charge in [-0.2, -0.15) is 0 Å². The van der Waals surface area contributed by atoms with E-state index in [1.165, 1.54) is 154 Å². The molecule has 0 radical (unpaired) electrons. The summed E-state index contributed by atoms with van der Waals surface area (Å²) in [6.07, 6.45) is 67.2. The number of amides is 1. The Morgan fingerprint density at radius 1 is 0.416 bits per heavy atom. The molecule has 12 atom stereocenters. The Bertz CT molecular complexity index is 1910. The zero-order chi connectivity index (χ0) is 64.5. The Morgan fingerprint density at radius 2 is 0.787 bits per heavy atom. The largest absolute Gasteiger partial charge is 0.394 e. The molecule has 1 amide bonds. The van der Waals surface area contributed by atoms with E-state index in [0.29, 0.717) is 12.8 Å². The fraction of sp³-hybridized carbons (Fsp3) is 0.747. The van der Waals surface area contributed by atoms with Gasteiger partial charge in [0.15, 0.2) is 12.6 Å². The third kappa shape index (κ3) is 42.5. The van der Waals surface area contributed by atoms with Gasteiger partial charge in [0.25, 0.3) is 0 Å². The molecule has 12 unspecified atom stereocenters. The molecule has 0 saturated carbocycles. The molecule has 0 bridgehead atoms. The molecular formula is C75H129NO13. The lowest BCUT2D eigenvalue weighted by atomic mass is 9.97. The normalized spacial score (nSPS) is 23.7. The molecule has 0 aliphatic carbocycles. The van der Waals surface area contributed by atoms with Crippen LogP contribution in [-0.4, -0.2) is 140 Å². The van der Waals surface area contributed by atoms with Gasteiger partial charge in [-0.05, 0) is 89.9 Å². The van der Waals surface area contributed by atoms with Crippen LogP contribution in [0, 0.1) is 0 Å². The predicted molar refractivity (Wildman–Crippen MR) is 364 cm³/mol. The summed E-state index contributed by atoms with van der Waals surface area (Å²) in [5.74, 6) is -0.283. The highest BCUT2D eigenvalue weighted by Crippen LogP contribution is 2.30. The number of rotatable bonds is 57. The van der Waals surface area contributed by atoms with E-state index in [9.17, 15) is 45.6 Å². The van der Waals surface area contributed by atoms with Crippen LogP contribution in [0.4, 0.5) is 0 Å². The number of hydrogen-bond acceptors (Lipinski definition) is 13. The maximum Gasteiger partial charge on any atom is 0.220 e. The van der Waals surface area contributed by atoms with Crippen molar-refractivity contribution in [3.63, 3.8) is 0 Å². The topological polar surface area (TPSA) is 228 Å². The molecule has 2 rings (SSSR count). The number of nitrogens with one attached hydrogen (secondary N) is 1. The highest BCUT2D eigenvalue weighted by atomic mass is 16.7. The number of ether oxygens (including phenoxy) is 4. The first-order valence-electron chi connectivity index (χ1n) is 35.6. The van der Waals surface area contributed by atoms with Crippen LogP contribution < -0.4 is 5.32 Å². The number of carbonyl (C=O) groups excluding carboxylic acids is 1. The smallest absolute Gasteiger partial charge is 0.220 e. The van der Waals surface area contributed by atoms with Crippen molar-refractivity contribution in [2.75, 3.05) is 19.8 Å². The third-order valence-electron chi connectivity index (χ3n) is 16.7. The average molecular weight is 1250 g/mol. The SMILES string of the molecule is CC/C=C\C/C=C\C/C=C\C/C=C\C/C=C\C/C=C\C/C=C\CCCCCC(=O)NC(COC1OC(CO)C(OC2OC(CO)C(O)C(O)C2O)C(O)C1O)C(O)/C=C/CC/C=C/CCCCCCCCCCCCCCCCCCCCCCCCCC. The van der Waals surface area contributed by atoms with Crippen LogP contribution in [0.25, 0.3) is 0 Å². The molecule has 0 spiro atoms. The summed E-state index contributed by atoms with van der Waals surface area (Å²) in [6.45, 7) is 2.66. The van der Waals surface area contributed by atoms with Gasteiger partial charge in [0.2, 0.25) is 5.91 Å². The van der Waals surface area contributed by atoms with Gasteiger partial charge in [0.05, 0.1) is 32.0 Å². The molecular weight excluding hydrogens is 1120 g/mol. The van der Waals surface area contributed by atoms with Crippen LogP contribution in [0.1, 0.15) is 264 Å². The minimum atomic E-state index is -1.80. The van der Waals surface area contributed by atoms with Crippen molar-refractivity contribution in [2.24, 2.45) is 0 Å². The van der Waals surface area contributed by atoms with E-state index in [1.54, 1.807) is 6.08 Å². The number of hydrogen-bond donors (Lipinski definition) is 9. The third-order valence-corrected chi connectivity index (χ3v) is 16.7. The first-order chi connectivity index (χ1) is 43.6. The van der Waals surface area contributed by atoms with Crippen molar-refractivity contribution in [3.05, 3.63) is 109 Å². The number of aliphatic hydroxyl groups excluding tert-OH is 8. The second-order valence-electron chi connectivity index (χ2n) is 24.6. The van der Waals surface area contributed by atoms with Crippen molar-refractivity contribution in [1.29, 1.82) is 0 Å². The maximum absolute atomic E-state index is 13.3. The van der Waals surface area contributed by atoms with Crippen LogP contribution in [0.3, 0.4) is 0 Å². The quantitative estimate of drug-likeness (QED) is 0.0204. The first-order valence-corrected chi connectivity index (χ1v) is 35.6. The van der Waals surface area contributed by atoms with Gasteiger partial charge in [0, 0.05) is 6.42 Å². The van der Waals surface area contributed by atoms with Crippen molar-refractivity contribution in [3.8, 4) is 0 Å². The molecule has 14 heteroatoms. The zero-order valence-electron chi connectivity index (χ0n) is 55.6. The number of aliphatic hydroxyl groups is 8. The van der Waals surface area contributed by atoms with E-state index in [2.05, 4.69) is 116 Å². The van der Waals surface area contributed by atoms with E-state index in [4.69, 9.17) is 18.9 Å². The van der Waals surface area contributed by atoms with Crippen LogP contribution in [0.15, 0.2) is 109 Å². The fourth-order valence-corrected chi connectivity index (χ4v) is 11.1. The minimum Gasteiger partial charge on any atom is -0.394 e. The number of unbranched alkanes of at least 4 members (excludes halogenated alkanes) is 28. The lowest BCUT2D eigenvalue weighted by Crippen LogP contribution is -2.65. The lowest BCUT2D eigenvalue weighted by Gasteiger charge is -2.46. The molecule has 2 aliphatic heterocycles. The van der Waals surface area contributed by atoms with Crippen molar-refractivity contribution >= 4 is 5.91 Å². The molecule has 2 saturated heterocycles.